The van der Waals surface area contributed by atoms with Crippen molar-refractivity contribution in [2.45, 2.75) is 19.9 Å². The molecule has 1 aromatic heterocycles. The van der Waals surface area contributed by atoms with Gasteiger partial charge in [-0.05, 0) is 14.0 Å². The van der Waals surface area contributed by atoms with Gasteiger partial charge in [0.2, 0.25) is 0 Å². The molecule has 0 fully saturated rings. The summed E-state index contributed by atoms with van der Waals surface area (Å²) in [6.45, 7) is 2.88. The minimum absolute atomic E-state index is 0.247. The van der Waals surface area contributed by atoms with Crippen molar-refractivity contribution in [3.8, 4) is 0 Å². The molecule has 0 saturated carbocycles. The summed E-state index contributed by atoms with van der Waals surface area (Å²) in [5.74, 6) is 0. The van der Waals surface area contributed by atoms with Gasteiger partial charge in [-0.3, -0.25) is 4.90 Å². The standard InChI is InChI=1S/C8H14F2N4S/c1-3-11-8-6(12-13-15-8)4-14(2)5-7(9)10/h7,11H,3-5H2,1-2H3. The molecule has 0 spiro atoms. The number of nitrogens with zero attached hydrogens (tertiary/aromatic N) is 3. The average Bonchev–Trinajstić information content (AvgIpc) is 2.52. The van der Waals surface area contributed by atoms with E-state index >= 15 is 0 Å². The third-order valence-corrected chi connectivity index (χ3v) is 2.49. The zero-order valence-corrected chi connectivity index (χ0v) is 9.52. The fourth-order valence-corrected chi connectivity index (χ4v) is 1.80. The van der Waals surface area contributed by atoms with Gasteiger partial charge in [0.1, 0.15) is 10.7 Å². The van der Waals surface area contributed by atoms with Crippen LogP contribution >= 0.6 is 11.5 Å². The summed E-state index contributed by atoms with van der Waals surface area (Å²) in [7, 11) is 1.64. The number of hydrogen-bond donors (Lipinski definition) is 1. The normalized spacial score (nSPS) is 11.3. The van der Waals surface area contributed by atoms with Crippen molar-refractivity contribution in [3.05, 3.63) is 5.69 Å². The van der Waals surface area contributed by atoms with Crippen LogP contribution in [0.2, 0.25) is 0 Å². The second kappa shape index (κ2) is 5.92. The molecule has 7 heteroatoms. The first kappa shape index (κ1) is 12.3. The van der Waals surface area contributed by atoms with Crippen molar-refractivity contribution < 1.29 is 8.78 Å². The maximum Gasteiger partial charge on any atom is 0.251 e. The summed E-state index contributed by atoms with van der Waals surface area (Å²) in [4.78, 5) is 1.53. The first-order chi connectivity index (χ1) is 7.13. The lowest BCUT2D eigenvalue weighted by atomic mass is 10.4. The maximum absolute atomic E-state index is 12.1. The molecule has 1 rings (SSSR count). The van der Waals surface area contributed by atoms with E-state index in [2.05, 4.69) is 14.9 Å². The number of hydrogen-bond acceptors (Lipinski definition) is 5. The van der Waals surface area contributed by atoms with Crippen LogP contribution in [0.25, 0.3) is 0 Å². The molecule has 0 saturated heterocycles. The molecule has 4 nitrogen and oxygen atoms in total. The smallest absolute Gasteiger partial charge is 0.251 e. The van der Waals surface area contributed by atoms with Crippen molar-refractivity contribution >= 4 is 16.5 Å². The lowest BCUT2D eigenvalue weighted by molar-refractivity contribution is 0.0971. The number of halogens is 2. The first-order valence-corrected chi connectivity index (χ1v) is 5.42. The van der Waals surface area contributed by atoms with Crippen LogP contribution < -0.4 is 5.32 Å². The van der Waals surface area contributed by atoms with Crippen LogP contribution in [0.5, 0.6) is 0 Å². The van der Waals surface area contributed by atoms with Crippen molar-refractivity contribution in [3.63, 3.8) is 0 Å². The summed E-state index contributed by atoms with van der Waals surface area (Å²) >= 11 is 1.25. The highest BCUT2D eigenvalue weighted by atomic mass is 32.1. The first-order valence-electron chi connectivity index (χ1n) is 4.65. The van der Waals surface area contributed by atoms with Gasteiger partial charge < -0.3 is 5.32 Å². The van der Waals surface area contributed by atoms with Gasteiger partial charge in [-0.2, -0.15) is 0 Å². The van der Waals surface area contributed by atoms with E-state index < -0.39 is 6.43 Å². The fraction of sp³-hybridized carbons (Fsp3) is 0.750. The SMILES string of the molecule is CCNc1snnc1CN(C)CC(F)F. The molecule has 0 unspecified atom stereocenters. The van der Waals surface area contributed by atoms with Gasteiger partial charge in [-0.1, -0.05) is 4.49 Å². The Bertz CT molecular complexity index is 292. The van der Waals surface area contributed by atoms with Crippen molar-refractivity contribution in [2.24, 2.45) is 0 Å². The largest absolute Gasteiger partial charge is 0.374 e. The van der Waals surface area contributed by atoms with E-state index in [0.717, 1.165) is 17.2 Å². The Balaban J connectivity index is 2.51. The Labute approximate surface area is 91.5 Å². The van der Waals surface area contributed by atoms with Crippen LogP contribution in [0.4, 0.5) is 13.8 Å². The number of aromatic nitrogens is 2. The van der Waals surface area contributed by atoms with Crippen LogP contribution in [-0.4, -0.2) is 41.0 Å². The maximum atomic E-state index is 12.1. The molecule has 0 aliphatic rings. The minimum atomic E-state index is -2.32. The molecular weight excluding hydrogens is 222 g/mol. The minimum Gasteiger partial charge on any atom is -0.374 e. The molecule has 0 atom stereocenters. The van der Waals surface area contributed by atoms with Gasteiger partial charge in [0.15, 0.2) is 0 Å². The van der Waals surface area contributed by atoms with Crippen molar-refractivity contribution in [1.29, 1.82) is 0 Å². The van der Waals surface area contributed by atoms with Gasteiger partial charge in [0.25, 0.3) is 6.43 Å². The Morgan fingerprint density at radius 3 is 2.87 bits per heavy atom. The summed E-state index contributed by atoms with van der Waals surface area (Å²) in [6, 6.07) is 0. The topological polar surface area (TPSA) is 41.1 Å². The third-order valence-electron chi connectivity index (χ3n) is 1.76. The van der Waals surface area contributed by atoms with Gasteiger partial charge in [-0.15, -0.1) is 5.10 Å². The molecule has 0 aromatic carbocycles. The summed E-state index contributed by atoms with van der Waals surface area (Å²) in [5, 5.41) is 7.86. The van der Waals surface area contributed by atoms with E-state index in [0.29, 0.717) is 6.54 Å². The molecule has 0 aliphatic carbocycles. The lowest BCUT2D eigenvalue weighted by Crippen LogP contribution is -2.24. The Kier molecular flexibility index (Phi) is 4.83. The highest BCUT2D eigenvalue weighted by molar-refractivity contribution is 7.10. The Morgan fingerprint density at radius 2 is 2.27 bits per heavy atom. The molecule has 0 radical (unpaired) electrons. The van der Waals surface area contributed by atoms with E-state index in [-0.39, 0.29) is 6.54 Å². The Hall–Kier alpha value is -0.820. The summed E-state index contributed by atoms with van der Waals surface area (Å²) in [6.07, 6.45) is -2.32. The van der Waals surface area contributed by atoms with Crippen LogP contribution in [-0.2, 0) is 6.54 Å². The van der Waals surface area contributed by atoms with E-state index in [1.165, 1.54) is 16.4 Å². The molecule has 0 bridgehead atoms. The third kappa shape index (κ3) is 4.05. The molecule has 15 heavy (non-hydrogen) atoms. The quantitative estimate of drug-likeness (QED) is 0.815. The second-order valence-electron chi connectivity index (χ2n) is 3.17. The highest BCUT2D eigenvalue weighted by Crippen LogP contribution is 2.18. The monoisotopic (exact) mass is 236 g/mol. The van der Waals surface area contributed by atoms with Crippen LogP contribution in [0.3, 0.4) is 0 Å². The number of nitrogens with one attached hydrogen (secondary N) is 1. The van der Waals surface area contributed by atoms with Crippen molar-refractivity contribution in [1.82, 2.24) is 14.5 Å². The number of alkyl halides is 2. The average molecular weight is 236 g/mol. The number of anilines is 1. The zero-order chi connectivity index (χ0) is 11.3. The predicted molar refractivity (Wildman–Crippen MR) is 56.4 cm³/mol. The summed E-state index contributed by atoms with van der Waals surface area (Å²) in [5.41, 5.74) is 0.727. The van der Waals surface area contributed by atoms with E-state index in [9.17, 15) is 8.78 Å². The molecule has 1 N–H and O–H groups in total. The van der Waals surface area contributed by atoms with Crippen molar-refractivity contribution in [2.75, 3.05) is 25.5 Å². The van der Waals surface area contributed by atoms with Gasteiger partial charge in [0.05, 0.1) is 6.54 Å². The highest BCUT2D eigenvalue weighted by Gasteiger charge is 2.12. The Morgan fingerprint density at radius 1 is 1.53 bits per heavy atom. The van der Waals surface area contributed by atoms with Crippen LogP contribution in [0.15, 0.2) is 0 Å². The summed E-state index contributed by atoms with van der Waals surface area (Å²) < 4.78 is 27.9. The van der Waals surface area contributed by atoms with Gasteiger partial charge in [0, 0.05) is 24.6 Å². The molecule has 0 amide bonds. The van der Waals surface area contributed by atoms with E-state index in [4.69, 9.17) is 0 Å². The molecule has 1 aromatic rings. The van der Waals surface area contributed by atoms with E-state index in [1.54, 1.807) is 7.05 Å². The van der Waals surface area contributed by atoms with Crippen LogP contribution in [0.1, 0.15) is 12.6 Å². The molecule has 1 heterocycles. The fourth-order valence-electron chi connectivity index (χ4n) is 1.16. The number of rotatable bonds is 6. The molecular formula is C8H14F2N4S. The zero-order valence-electron chi connectivity index (χ0n) is 8.70. The second-order valence-corrected chi connectivity index (χ2v) is 3.92. The van der Waals surface area contributed by atoms with E-state index in [1.807, 2.05) is 6.92 Å². The van der Waals surface area contributed by atoms with Crippen LogP contribution in [0, 0.1) is 0 Å². The lowest BCUT2D eigenvalue weighted by Gasteiger charge is -2.14. The van der Waals surface area contributed by atoms with Gasteiger partial charge in [-0.25, -0.2) is 8.78 Å². The van der Waals surface area contributed by atoms with Gasteiger partial charge >= 0.3 is 0 Å². The molecule has 0 aliphatic heterocycles. The predicted octanol–water partition coefficient (Wildman–Crippen LogP) is 1.67. The molecule has 86 valence electrons.